The number of hydrogen-bond donors (Lipinski definition) is 2. The molecule has 0 aromatic carbocycles. The highest BCUT2D eigenvalue weighted by Gasteiger charge is 2.15. The summed E-state index contributed by atoms with van der Waals surface area (Å²) in [6.07, 6.45) is 2.99. The number of pyridine rings is 1. The molecule has 0 radical (unpaired) electrons. The fourth-order valence-electron chi connectivity index (χ4n) is 2.13. The van der Waals surface area contributed by atoms with Crippen molar-refractivity contribution in [1.82, 2.24) is 30.6 Å². The first-order chi connectivity index (χ1) is 12.7. The molecule has 26 heavy (non-hydrogen) atoms. The second-order valence-corrected chi connectivity index (χ2v) is 6.95. The van der Waals surface area contributed by atoms with Gasteiger partial charge in [0.2, 0.25) is 5.91 Å². The summed E-state index contributed by atoms with van der Waals surface area (Å²) in [5.74, 6) is 0.134. The zero-order chi connectivity index (χ0) is 18.4. The van der Waals surface area contributed by atoms with E-state index in [1.165, 1.54) is 18.0 Å². The Hall–Kier alpha value is -2.72. The number of hydrogen-bond acceptors (Lipinski definition) is 7. The van der Waals surface area contributed by atoms with Crippen molar-refractivity contribution in [2.45, 2.75) is 18.6 Å². The van der Waals surface area contributed by atoms with Crippen LogP contribution in [0.2, 0.25) is 0 Å². The summed E-state index contributed by atoms with van der Waals surface area (Å²) in [6.45, 7) is 2.70. The summed E-state index contributed by atoms with van der Waals surface area (Å²) < 4.78 is 1.96. The van der Waals surface area contributed by atoms with Gasteiger partial charge in [-0.3, -0.25) is 25.4 Å². The molecule has 0 bridgehead atoms. The van der Waals surface area contributed by atoms with Gasteiger partial charge in [0.05, 0.1) is 16.2 Å². The Bertz CT molecular complexity index is 880. The van der Waals surface area contributed by atoms with Gasteiger partial charge in [0, 0.05) is 18.9 Å². The van der Waals surface area contributed by atoms with Crippen molar-refractivity contribution >= 4 is 34.9 Å². The van der Waals surface area contributed by atoms with Crippen LogP contribution in [0.15, 0.2) is 47.2 Å². The van der Waals surface area contributed by atoms with Gasteiger partial charge in [-0.25, -0.2) is 0 Å². The molecule has 0 fully saturated rings. The lowest BCUT2D eigenvalue weighted by molar-refractivity contribution is -0.119. The molecule has 0 saturated heterocycles. The van der Waals surface area contributed by atoms with Crippen LogP contribution in [0.3, 0.4) is 0 Å². The Kier molecular flexibility index (Phi) is 5.97. The molecule has 0 unspecified atom stereocenters. The summed E-state index contributed by atoms with van der Waals surface area (Å²) in [7, 11) is 0. The first-order valence-corrected chi connectivity index (χ1v) is 9.64. The molecule has 0 atom stereocenters. The van der Waals surface area contributed by atoms with Crippen LogP contribution in [0.5, 0.6) is 0 Å². The number of amides is 2. The number of carbonyl (C=O) groups excluding carboxylic acids is 2. The van der Waals surface area contributed by atoms with Gasteiger partial charge in [-0.2, -0.15) is 0 Å². The predicted molar refractivity (Wildman–Crippen MR) is 99.6 cm³/mol. The van der Waals surface area contributed by atoms with Crippen molar-refractivity contribution in [3.63, 3.8) is 0 Å². The van der Waals surface area contributed by atoms with E-state index in [9.17, 15) is 9.59 Å². The van der Waals surface area contributed by atoms with Gasteiger partial charge >= 0.3 is 0 Å². The van der Waals surface area contributed by atoms with Crippen molar-refractivity contribution in [3.8, 4) is 10.7 Å². The maximum atomic E-state index is 12.0. The number of rotatable bonds is 6. The van der Waals surface area contributed by atoms with E-state index in [1.54, 1.807) is 29.7 Å². The van der Waals surface area contributed by atoms with Crippen molar-refractivity contribution in [3.05, 3.63) is 47.6 Å². The number of nitrogens with zero attached hydrogens (tertiary/aromatic N) is 4. The molecule has 8 nitrogen and oxygen atoms in total. The van der Waals surface area contributed by atoms with Gasteiger partial charge in [-0.1, -0.05) is 17.8 Å². The van der Waals surface area contributed by atoms with Gasteiger partial charge in [-0.15, -0.1) is 21.5 Å². The zero-order valence-electron chi connectivity index (χ0n) is 13.9. The Balaban J connectivity index is 1.54. The van der Waals surface area contributed by atoms with Gasteiger partial charge in [0.25, 0.3) is 5.91 Å². The lowest BCUT2D eigenvalue weighted by Gasteiger charge is -2.08. The molecule has 10 heteroatoms. The highest BCUT2D eigenvalue weighted by Crippen LogP contribution is 2.26. The average Bonchev–Trinajstić information content (AvgIpc) is 3.34. The van der Waals surface area contributed by atoms with Crippen LogP contribution < -0.4 is 10.9 Å². The first kappa shape index (κ1) is 18.1. The minimum atomic E-state index is -0.423. The van der Waals surface area contributed by atoms with Crippen LogP contribution in [-0.4, -0.2) is 37.3 Å². The SMILES string of the molecule is CCn1c(SCC(=O)NNC(=O)c2cccnc2)nnc1-c1cccs1. The number of aromatic nitrogens is 4. The largest absolute Gasteiger partial charge is 0.302 e. The average molecular weight is 388 g/mol. The van der Waals surface area contributed by atoms with Crippen LogP contribution in [0, 0.1) is 0 Å². The van der Waals surface area contributed by atoms with Gasteiger partial charge in [-0.05, 0) is 30.5 Å². The van der Waals surface area contributed by atoms with E-state index in [2.05, 4.69) is 26.0 Å². The van der Waals surface area contributed by atoms with E-state index in [1.807, 2.05) is 29.0 Å². The molecular formula is C16H16N6O2S2. The van der Waals surface area contributed by atoms with Gasteiger partial charge in [0.1, 0.15) is 0 Å². The molecule has 2 amide bonds. The minimum absolute atomic E-state index is 0.107. The van der Waals surface area contributed by atoms with E-state index >= 15 is 0 Å². The molecule has 3 heterocycles. The van der Waals surface area contributed by atoms with Crippen LogP contribution in [-0.2, 0) is 11.3 Å². The van der Waals surface area contributed by atoms with E-state index in [0.29, 0.717) is 17.3 Å². The molecule has 0 aliphatic heterocycles. The quantitative estimate of drug-likeness (QED) is 0.494. The highest BCUT2D eigenvalue weighted by atomic mass is 32.2. The highest BCUT2D eigenvalue weighted by molar-refractivity contribution is 7.99. The number of hydrazine groups is 1. The standard InChI is InChI=1S/C16H16N6O2S2/c1-2-22-14(12-6-4-8-25-12)19-21-16(22)26-10-13(23)18-20-15(24)11-5-3-7-17-9-11/h3-9H,2,10H2,1H3,(H,18,23)(H,20,24). The van der Waals surface area contributed by atoms with Crippen LogP contribution in [0.4, 0.5) is 0 Å². The van der Waals surface area contributed by atoms with E-state index in [4.69, 9.17) is 0 Å². The third-order valence-electron chi connectivity index (χ3n) is 3.35. The molecule has 2 N–H and O–H groups in total. The molecule has 3 rings (SSSR count). The van der Waals surface area contributed by atoms with E-state index in [-0.39, 0.29) is 11.7 Å². The fourth-order valence-corrected chi connectivity index (χ4v) is 3.65. The van der Waals surface area contributed by atoms with Crippen molar-refractivity contribution in [1.29, 1.82) is 0 Å². The van der Waals surface area contributed by atoms with Crippen LogP contribution in [0.25, 0.3) is 10.7 Å². The molecule has 3 aromatic rings. The Morgan fingerprint density at radius 3 is 2.81 bits per heavy atom. The lowest BCUT2D eigenvalue weighted by Crippen LogP contribution is -2.42. The molecule has 0 spiro atoms. The third-order valence-corrected chi connectivity index (χ3v) is 5.18. The number of thioether (sulfide) groups is 1. The topological polar surface area (TPSA) is 102 Å². The Labute approximate surface area is 158 Å². The normalized spacial score (nSPS) is 10.5. The number of carbonyl (C=O) groups is 2. The van der Waals surface area contributed by atoms with Gasteiger partial charge < -0.3 is 4.57 Å². The third kappa shape index (κ3) is 4.27. The summed E-state index contributed by atoms with van der Waals surface area (Å²) in [5, 5.41) is 11.0. The van der Waals surface area contributed by atoms with Crippen LogP contribution in [0.1, 0.15) is 17.3 Å². The molecule has 0 aliphatic carbocycles. The Morgan fingerprint density at radius 2 is 2.12 bits per heavy atom. The molecule has 134 valence electrons. The molecule has 3 aromatic heterocycles. The van der Waals surface area contributed by atoms with Crippen molar-refractivity contribution in [2.75, 3.05) is 5.75 Å². The smallest absolute Gasteiger partial charge is 0.271 e. The first-order valence-electron chi connectivity index (χ1n) is 7.78. The van der Waals surface area contributed by atoms with E-state index in [0.717, 1.165) is 10.7 Å². The molecule has 0 saturated carbocycles. The van der Waals surface area contributed by atoms with Crippen molar-refractivity contribution < 1.29 is 9.59 Å². The minimum Gasteiger partial charge on any atom is -0.302 e. The summed E-state index contributed by atoms with van der Waals surface area (Å²) >= 11 is 2.85. The van der Waals surface area contributed by atoms with Crippen LogP contribution >= 0.6 is 23.1 Å². The zero-order valence-corrected chi connectivity index (χ0v) is 15.5. The lowest BCUT2D eigenvalue weighted by atomic mass is 10.3. The monoisotopic (exact) mass is 388 g/mol. The molecular weight excluding hydrogens is 372 g/mol. The second-order valence-electron chi connectivity index (χ2n) is 5.06. The maximum Gasteiger partial charge on any atom is 0.271 e. The summed E-state index contributed by atoms with van der Waals surface area (Å²) in [4.78, 5) is 28.7. The number of thiophene rings is 1. The Morgan fingerprint density at radius 1 is 1.23 bits per heavy atom. The summed E-state index contributed by atoms with van der Waals surface area (Å²) in [5.41, 5.74) is 5.11. The molecule has 0 aliphatic rings. The maximum absolute atomic E-state index is 12.0. The predicted octanol–water partition coefficient (Wildman–Crippen LogP) is 1.97. The van der Waals surface area contributed by atoms with Crippen molar-refractivity contribution in [2.24, 2.45) is 0 Å². The van der Waals surface area contributed by atoms with Gasteiger partial charge in [0.15, 0.2) is 11.0 Å². The summed E-state index contributed by atoms with van der Waals surface area (Å²) in [6, 6.07) is 7.20. The van der Waals surface area contributed by atoms with E-state index < -0.39 is 5.91 Å². The fraction of sp³-hybridized carbons (Fsp3) is 0.188. The second kappa shape index (κ2) is 8.59. The number of nitrogens with one attached hydrogen (secondary N) is 2.